The van der Waals surface area contributed by atoms with Gasteiger partial charge < -0.3 is 0 Å². The van der Waals surface area contributed by atoms with Crippen LogP contribution in [0.4, 0.5) is 11.6 Å². The Bertz CT molecular complexity index is 5110. The Morgan fingerprint density at radius 3 is 0.989 bits per heavy atom. The molecule has 6 bridgehead atoms. The van der Waals surface area contributed by atoms with Crippen molar-refractivity contribution in [2.24, 2.45) is 30.0 Å². The summed E-state index contributed by atoms with van der Waals surface area (Å²) in [5.74, 6) is 5.81. The number of aryl methyl sites for hydroxylation is 4. The molecule has 2 aromatic heterocycles. The molecule has 0 N–H and O–H groups in total. The van der Waals surface area contributed by atoms with E-state index in [1.54, 1.807) is 0 Å². The molecule has 4 aliphatic heterocycles. The number of aromatic nitrogens is 2. The van der Waals surface area contributed by atoms with Gasteiger partial charge in [0, 0.05) is 0 Å². The third-order valence-electron chi connectivity index (χ3n) is 21.4. The summed E-state index contributed by atoms with van der Waals surface area (Å²) in [7, 11) is -6.64. The summed E-state index contributed by atoms with van der Waals surface area (Å²) in [6, 6.07) is 34.3. The van der Waals surface area contributed by atoms with Crippen molar-refractivity contribution in [1.29, 1.82) is 0 Å². The molecular weight excluding hydrogens is 1320 g/mol. The van der Waals surface area contributed by atoms with Gasteiger partial charge in [0.1, 0.15) is 0 Å². The van der Waals surface area contributed by atoms with Crippen molar-refractivity contribution < 1.29 is 24.5 Å². The predicted molar refractivity (Wildman–Crippen MR) is 399 cm³/mol. The van der Waals surface area contributed by atoms with Gasteiger partial charge in [-0.2, -0.15) is 0 Å². The van der Waals surface area contributed by atoms with E-state index in [9.17, 15) is 5.53 Å². The second kappa shape index (κ2) is 24.0. The normalized spacial score (nSPS) is 15.0. The van der Waals surface area contributed by atoms with Crippen LogP contribution in [0.5, 0.6) is 23.0 Å². The van der Waals surface area contributed by atoms with E-state index in [0.29, 0.717) is 95.4 Å². The Labute approximate surface area is 565 Å². The Morgan fingerprint density at radius 2 is 0.621 bits per heavy atom. The summed E-state index contributed by atoms with van der Waals surface area (Å²) in [6.45, 7) is 47.3. The third-order valence-corrected chi connectivity index (χ3v) is 49.7. The van der Waals surface area contributed by atoms with Gasteiger partial charge in [0.15, 0.2) is 0 Å². The Kier molecular flexibility index (Phi) is 16.3. The van der Waals surface area contributed by atoms with Crippen LogP contribution in [-0.2, 0) is 5.53 Å². The maximum absolute atomic E-state index is 9.58. The van der Waals surface area contributed by atoms with Crippen molar-refractivity contribution in [3.8, 4) is 23.0 Å². The molecule has 8 aromatic carbocycles. The zero-order valence-electron chi connectivity index (χ0n) is 59.1. The quantitative estimate of drug-likeness (QED) is 0.0784. The first-order valence-corrected chi connectivity index (χ1v) is 43.8. The van der Waals surface area contributed by atoms with Crippen molar-refractivity contribution in [2.45, 2.75) is 172 Å². The van der Waals surface area contributed by atoms with Gasteiger partial charge in [-0.05, 0) is 0 Å². The van der Waals surface area contributed by atoms with Crippen LogP contribution < -0.4 is 29.9 Å². The van der Waals surface area contributed by atoms with E-state index in [-0.39, 0.29) is 33.2 Å². The monoisotopic (exact) mass is 1410 g/mol. The van der Waals surface area contributed by atoms with Crippen molar-refractivity contribution in [2.75, 3.05) is 26.4 Å². The number of hydrogen-bond donors (Lipinski definition) is 0. The topological polar surface area (TPSA) is 139 Å². The predicted octanol–water partition coefficient (Wildman–Crippen LogP) is 19.2. The molecule has 10 aromatic rings. The molecule has 17 heteroatoms. The maximum atomic E-state index is 9.58. The van der Waals surface area contributed by atoms with E-state index < -0.39 is 36.4 Å². The molecule has 95 heavy (non-hydrogen) atoms. The molecule has 0 unspecified atom stereocenters. The van der Waals surface area contributed by atoms with Crippen LogP contribution in [0.3, 0.4) is 0 Å². The number of rotatable bonds is 18. The Morgan fingerprint density at radius 1 is 0.326 bits per heavy atom. The van der Waals surface area contributed by atoms with Crippen LogP contribution >= 0.6 is 0 Å². The van der Waals surface area contributed by atoms with E-state index in [1.807, 2.05) is 13.8 Å². The standard InChI is InChI=1S/C60H48N8O4.2C9H21OSi.Sn/c1-9-69-49-37-25-17-13-21-33(37)29(5)41-45(49)57-62-53(41)61-54-42-30(6)34-22-14-18-26-38(34)50(70-10-2)46(42)58(63-54)65-56-44-32(8)36-24-16-20-28-40(36)52(72-12-4)48(44)60(67-56)68-59-47-43(55(64-57)66-59)31(7)35-23-15-19-27-39(35)51(47)71-11-3;2*1-7(2)11(10,8(3)4)9(5)6;/h13-28H,9-12H2,1-8H3;2*7-9H,1-6H3;/q-2;2*-1;+4. The van der Waals surface area contributed by atoms with Crippen LogP contribution in [-0.4, -0.2) is 91.7 Å². The number of benzene rings is 8. The van der Waals surface area contributed by atoms with Crippen molar-refractivity contribution >= 4 is 136 Å². The van der Waals surface area contributed by atoms with E-state index in [0.717, 1.165) is 109 Å². The summed E-state index contributed by atoms with van der Waals surface area (Å²) in [6.07, 6.45) is 0. The van der Waals surface area contributed by atoms with E-state index in [1.165, 1.54) is 0 Å². The average Bonchev–Trinajstić information content (AvgIpc) is 1.52. The molecule has 490 valence electrons. The molecule has 0 atom stereocenters. The van der Waals surface area contributed by atoms with Gasteiger partial charge in [-0.3, -0.25) is 0 Å². The molecule has 0 saturated heterocycles. The van der Waals surface area contributed by atoms with Gasteiger partial charge in [0.25, 0.3) is 0 Å². The van der Waals surface area contributed by atoms with Gasteiger partial charge >= 0.3 is 570 Å². The molecule has 6 heterocycles. The molecule has 0 fully saturated rings. The molecule has 0 saturated carbocycles. The molecular formula is C78H90N8O6Si2Sn. The summed E-state index contributed by atoms with van der Waals surface area (Å²) >= 11 is -6.56. The van der Waals surface area contributed by atoms with E-state index >= 15 is 0 Å². The number of amidine groups is 4. The Hall–Kier alpha value is -7.49. The molecule has 0 radical (unpaired) electrons. The fourth-order valence-electron chi connectivity index (χ4n) is 17.7. The molecule has 14 rings (SSSR count). The molecule has 0 amide bonds. The zero-order chi connectivity index (χ0) is 67.2. The molecule has 0 aliphatic carbocycles. The van der Waals surface area contributed by atoms with Crippen LogP contribution in [0.25, 0.3) is 64.6 Å². The van der Waals surface area contributed by atoms with Crippen molar-refractivity contribution in [3.05, 3.63) is 153 Å². The van der Waals surface area contributed by atoms with Gasteiger partial charge in [0.05, 0.1) is 0 Å². The van der Waals surface area contributed by atoms with Crippen molar-refractivity contribution in [3.63, 3.8) is 0 Å². The summed E-state index contributed by atoms with van der Waals surface area (Å²) in [5, 5.41) is 11.2. The van der Waals surface area contributed by atoms with Gasteiger partial charge in [-0.15, -0.1) is 0 Å². The number of nitrogens with zero attached hydrogens (tertiary/aromatic N) is 8. The fraction of sp³-hybridized carbons (Fsp3) is 0.385. The zero-order valence-corrected chi connectivity index (χ0v) is 63.9. The second-order valence-electron chi connectivity index (χ2n) is 28.0. The van der Waals surface area contributed by atoms with Crippen LogP contribution in [0.15, 0.2) is 127 Å². The first-order chi connectivity index (χ1) is 45.6. The first-order valence-electron chi connectivity index (χ1n) is 34.6. The van der Waals surface area contributed by atoms with E-state index in [2.05, 4.69) is 227 Å². The van der Waals surface area contributed by atoms with E-state index in [4.69, 9.17) is 48.9 Å². The van der Waals surface area contributed by atoms with Crippen molar-refractivity contribution in [1.82, 2.24) is 5.58 Å². The number of ether oxygens (including phenoxy) is 4. The summed E-state index contributed by atoms with van der Waals surface area (Å²) < 4.78 is 52.8. The summed E-state index contributed by atoms with van der Waals surface area (Å²) in [5.41, 5.74) is 8.77. The van der Waals surface area contributed by atoms with Crippen LogP contribution in [0, 0.1) is 27.7 Å². The molecule has 4 aliphatic rings. The second-order valence-corrected chi connectivity index (χ2v) is 48.0. The van der Waals surface area contributed by atoms with Crippen LogP contribution in [0.2, 0.25) is 33.2 Å². The SMILES string of the molecule is CCOc1c2c(c(C)c3ccccc13)C1=NC2=Nc2c3c(C)c4ccccc4c(OCC)c3c3[n]2[Sn]([O][Si](C(C)C)(C(C)C)C(C)C)([O][Si](C(C)C)(C(C)C)C(C)C)[n]2c(c4c(C)c5ccccc5c(OCC)c4c2=NC2=NC(=N3)c3c2c(C)c2ccccc2c3OCC)=N1. The molecule has 0 spiro atoms. The number of aliphatic imine (C=N–C) groups is 4. The summed E-state index contributed by atoms with van der Waals surface area (Å²) in [4.78, 5) is 37.1. The number of fused-ring (bicyclic) bond motifs is 18. The van der Waals surface area contributed by atoms with Gasteiger partial charge in [0.2, 0.25) is 0 Å². The number of hydrogen-bond acceptors (Lipinski definition) is 12. The van der Waals surface area contributed by atoms with Crippen LogP contribution in [0.1, 0.15) is 155 Å². The average molecular weight is 1410 g/mol. The minimum atomic E-state index is -6.56. The molecule has 14 nitrogen and oxygen atoms in total. The van der Waals surface area contributed by atoms with Gasteiger partial charge in [-0.25, -0.2) is 0 Å². The minimum absolute atomic E-state index is 0.0605. The first kappa shape index (κ1) is 64.8. The van der Waals surface area contributed by atoms with Gasteiger partial charge in [-0.1, -0.05) is 0 Å². The fourth-order valence-corrected chi connectivity index (χ4v) is 58.2. The Balaban J connectivity index is 1.42. The third kappa shape index (κ3) is 9.10.